The summed E-state index contributed by atoms with van der Waals surface area (Å²) in [4.78, 5) is 13.0. The molecule has 1 amide bonds. The Bertz CT molecular complexity index is 960. The molecule has 6 nitrogen and oxygen atoms in total. The van der Waals surface area contributed by atoms with E-state index in [1.165, 1.54) is 0 Å². The number of hydrogen-bond donors (Lipinski definition) is 2. The molecular weight excluding hydrogens is 402 g/mol. The zero-order valence-electron chi connectivity index (χ0n) is 17.3. The summed E-state index contributed by atoms with van der Waals surface area (Å²) in [7, 11) is 3.24. The summed E-state index contributed by atoms with van der Waals surface area (Å²) in [5, 5.41) is 6.28. The fourth-order valence-electron chi connectivity index (χ4n) is 2.93. The van der Waals surface area contributed by atoms with Gasteiger partial charge in [0.15, 0.2) is 12.4 Å². The normalized spacial score (nSPS) is 9.97. The number of benzene rings is 2. The molecule has 3 aromatic rings. The Morgan fingerprint density at radius 1 is 0.900 bits per heavy atom. The second kappa shape index (κ2) is 11.1. The molecule has 1 heterocycles. The number of amides is 1. The van der Waals surface area contributed by atoms with Gasteiger partial charge in [0.25, 0.3) is 5.91 Å². The molecule has 30 heavy (non-hydrogen) atoms. The minimum atomic E-state index is -0.184. The van der Waals surface area contributed by atoms with Gasteiger partial charge in [0, 0.05) is 23.9 Å². The summed E-state index contributed by atoms with van der Waals surface area (Å²) in [6, 6.07) is 16.8. The van der Waals surface area contributed by atoms with Crippen LogP contribution in [0.4, 0.5) is 17.1 Å². The lowest BCUT2D eigenvalue weighted by atomic mass is 10.2. The Hall–Kier alpha value is -3.25. The molecule has 158 valence electrons. The first-order valence-corrected chi connectivity index (χ1v) is 9.52. The van der Waals surface area contributed by atoms with E-state index in [1.54, 1.807) is 14.2 Å². The van der Waals surface area contributed by atoms with E-state index >= 15 is 0 Å². The third kappa shape index (κ3) is 5.87. The van der Waals surface area contributed by atoms with Crippen molar-refractivity contribution in [2.24, 2.45) is 0 Å². The maximum atomic E-state index is 13.0. The van der Waals surface area contributed by atoms with Gasteiger partial charge in [0.2, 0.25) is 0 Å². The van der Waals surface area contributed by atoms with Gasteiger partial charge in [-0.1, -0.05) is 6.92 Å². The van der Waals surface area contributed by atoms with Crippen LogP contribution in [-0.2, 0) is 6.54 Å². The van der Waals surface area contributed by atoms with Crippen molar-refractivity contribution in [3.63, 3.8) is 0 Å². The van der Waals surface area contributed by atoms with E-state index in [0.29, 0.717) is 11.3 Å². The molecular formula is C23H26ClN3O3. The average molecular weight is 428 g/mol. The van der Waals surface area contributed by atoms with Crippen molar-refractivity contribution in [2.45, 2.75) is 19.9 Å². The van der Waals surface area contributed by atoms with Crippen molar-refractivity contribution in [1.82, 2.24) is 0 Å². The molecule has 0 bridgehead atoms. The molecule has 7 heteroatoms. The van der Waals surface area contributed by atoms with Gasteiger partial charge in [-0.25, -0.2) is 4.57 Å². The monoisotopic (exact) mass is 427 g/mol. The number of anilines is 3. The van der Waals surface area contributed by atoms with Gasteiger partial charge in [-0.05, 0) is 48.5 Å². The van der Waals surface area contributed by atoms with Crippen LogP contribution in [0.15, 0.2) is 67.0 Å². The van der Waals surface area contributed by atoms with Crippen LogP contribution in [-0.4, -0.2) is 20.1 Å². The van der Waals surface area contributed by atoms with E-state index in [9.17, 15) is 4.79 Å². The minimum absolute atomic E-state index is 0. The Morgan fingerprint density at radius 3 is 2.00 bits per heavy atom. The first-order chi connectivity index (χ1) is 14.1. The van der Waals surface area contributed by atoms with Crippen LogP contribution >= 0.6 is 0 Å². The van der Waals surface area contributed by atoms with E-state index in [-0.39, 0.29) is 18.3 Å². The topological polar surface area (TPSA) is 63.5 Å². The summed E-state index contributed by atoms with van der Waals surface area (Å²) in [6.07, 6.45) is 4.82. The lowest BCUT2D eigenvalue weighted by molar-refractivity contribution is -0.696. The number of pyridine rings is 1. The third-order valence-electron chi connectivity index (χ3n) is 4.46. The molecule has 0 radical (unpaired) electrons. The number of hydrogen-bond acceptors (Lipinski definition) is 4. The third-order valence-corrected chi connectivity index (χ3v) is 4.46. The van der Waals surface area contributed by atoms with Crippen molar-refractivity contribution >= 4 is 23.0 Å². The number of aromatic nitrogens is 1. The molecule has 0 saturated carbocycles. The largest absolute Gasteiger partial charge is 1.00 e. The van der Waals surface area contributed by atoms with Gasteiger partial charge in [-0.15, -0.1) is 0 Å². The number of halogens is 1. The van der Waals surface area contributed by atoms with Crippen molar-refractivity contribution < 1.29 is 31.2 Å². The van der Waals surface area contributed by atoms with Crippen LogP contribution in [0.2, 0.25) is 0 Å². The van der Waals surface area contributed by atoms with Crippen LogP contribution in [0.5, 0.6) is 11.5 Å². The van der Waals surface area contributed by atoms with Gasteiger partial charge >= 0.3 is 0 Å². The van der Waals surface area contributed by atoms with E-state index in [0.717, 1.165) is 35.8 Å². The highest BCUT2D eigenvalue weighted by molar-refractivity contribution is 6.08. The van der Waals surface area contributed by atoms with E-state index in [1.807, 2.05) is 71.6 Å². The van der Waals surface area contributed by atoms with Crippen molar-refractivity contribution in [2.75, 3.05) is 24.9 Å². The summed E-state index contributed by atoms with van der Waals surface area (Å²) in [5.74, 6) is 1.34. The standard InChI is InChI=1S/C23H25N3O3.ClH/c1-4-14-26-15-13-22(24-17-5-9-19(28-2)10-6-17)21(16-26)23(27)25-18-7-11-20(29-3)12-8-18;/h5-13,15-16H,4,14H2,1-3H3,(H,25,27);1H. The molecule has 2 aromatic carbocycles. The molecule has 2 N–H and O–H groups in total. The van der Waals surface area contributed by atoms with Gasteiger partial charge < -0.3 is 32.5 Å². The smallest absolute Gasteiger partial charge is 0.263 e. The molecule has 1 aromatic heterocycles. The number of rotatable bonds is 8. The van der Waals surface area contributed by atoms with Crippen molar-refractivity contribution in [1.29, 1.82) is 0 Å². The van der Waals surface area contributed by atoms with Crippen LogP contribution in [0.3, 0.4) is 0 Å². The molecule has 0 aliphatic rings. The molecule has 0 atom stereocenters. The predicted molar refractivity (Wildman–Crippen MR) is 114 cm³/mol. The number of nitrogens with zero attached hydrogens (tertiary/aromatic N) is 1. The summed E-state index contributed by atoms with van der Waals surface area (Å²) < 4.78 is 12.4. The molecule has 0 spiro atoms. The van der Waals surface area contributed by atoms with Crippen molar-refractivity contribution in [3.05, 3.63) is 72.6 Å². The van der Waals surface area contributed by atoms with Gasteiger partial charge in [-0.3, -0.25) is 4.79 Å². The van der Waals surface area contributed by atoms with Gasteiger partial charge in [0.1, 0.15) is 23.6 Å². The van der Waals surface area contributed by atoms with Crippen LogP contribution < -0.4 is 37.1 Å². The Balaban J connectivity index is 0.00000320. The number of methoxy groups -OCH3 is 2. The minimum Gasteiger partial charge on any atom is -1.00 e. The van der Waals surface area contributed by atoms with Gasteiger partial charge in [-0.2, -0.15) is 0 Å². The number of ether oxygens (including phenoxy) is 2. The average Bonchev–Trinajstić information content (AvgIpc) is 2.76. The number of aryl methyl sites for hydroxylation is 1. The first kappa shape index (κ1) is 23.0. The zero-order chi connectivity index (χ0) is 20.6. The maximum absolute atomic E-state index is 13.0. The fourth-order valence-corrected chi connectivity index (χ4v) is 2.93. The molecule has 3 rings (SSSR count). The maximum Gasteiger partial charge on any atom is 0.263 e. The lowest BCUT2D eigenvalue weighted by Crippen LogP contribution is -3.00. The zero-order valence-corrected chi connectivity index (χ0v) is 18.1. The van der Waals surface area contributed by atoms with E-state index in [2.05, 4.69) is 17.6 Å². The Labute approximate surface area is 183 Å². The fraction of sp³-hybridized carbons (Fsp3) is 0.217. The lowest BCUT2D eigenvalue weighted by Gasteiger charge is -2.12. The highest BCUT2D eigenvalue weighted by Crippen LogP contribution is 2.23. The number of carbonyl (C=O) groups excluding carboxylic acids is 1. The Morgan fingerprint density at radius 2 is 1.47 bits per heavy atom. The first-order valence-electron chi connectivity index (χ1n) is 9.52. The van der Waals surface area contributed by atoms with E-state index < -0.39 is 0 Å². The molecule has 0 aliphatic heterocycles. The van der Waals surface area contributed by atoms with E-state index in [4.69, 9.17) is 9.47 Å². The predicted octanol–water partition coefficient (Wildman–Crippen LogP) is 1.40. The van der Waals surface area contributed by atoms with Gasteiger partial charge in [0.05, 0.1) is 19.9 Å². The van der Waals surface area contributed by atoms with Crippen molar-refractivity contribution in [3.8, 4) is 11.5 Å². The number of carbonyl (C=O) groups is 1. The molecule has 0 aliphatic carbocycles. The number of nitrogens with one attached hydrogen (secondary N) is 2. The SMILES string of the molecule is CCC[n+]1ccc(Nc2ccc(OC)cc2)c(C(=O)Nc2ccc(OC)cc2)c1.[Cl-]. The second-order valence-corrected chi connectivity index (χ2v) is 6.55. The molecule has 0 fully saturated rings. The molecule has 0 saturated heterocycles. The molecule has 0 unspecified atom stereocenters. The van der Waals surface area contributed by atoms with Crippen LogP contribution in [0, 0.1) is 0 Å². The highest BCUT2D eigenvalue weighted by Gasteiger charge is 2.17. The summed E-state index contributed by atoms with van der Waals surface area (Å²) >= 11 is 0. The summed E-state index contributed by atoms with van der Waals surface area (Å²) in [6.45, 7) is 2.94. The quantitative estimate of drug-likeness (QED) is 0.533. The second-order valence-electron chi connectivity index (χ2n) is 6.55. The Kier molecular flexibility index (Phi) is 8.50. The summed E-state index contributed by atoms with van der Waals surface area (Å²) in [5.41, 5.74) is 2.87. The van der Waals surface area contributed by atoms with Crippen LogP contribution in [0.25, 0.3) is 0 Å². The highest BCUT2D eigenvalue weighted by atomic mass is 35.5. The van der Waals surface area contributed by atoms with Crippen LogP contribution in [0.1, 0.15) is 23.7 Å².